The van der Waals surface area contributed by atoms with E-state index < -0.39 is 10.0 Å². The van der Waals surface area contributed by atoms with Crippen molar-refractivity contribution in [1.82, 2.24) is 4.83 Å². The van der Waals surface area contributed by atoms with E-state index in [0.29, 0.717) is 0 Å². The molecule has 2 aromatic rings. The summed E-state index contributed by atoms with van der Waals surface area (Å²) in [5.74, 6) is 0. The van der Waals surface area contributed by atoms with Gasteiger partial charge in [-0.2, -0.15) is 13.5 Å². The number of aryl methyl sites for hydroxylation is 1. The van der Waals surface area contributed by atoms with Gasteiger partial charge in [-0.3, -0.25) is 0 Å². The van der Waals surface area contributed by atoms with Gasteiger partial charge in [0.1, 0.15) is 0 Å². The summed E-state index contributed by atoms with van der Waals surface area (Å²) in [7, 11) is -3.57. The van der Waals surface area contributed by atoms with E-state index in [0.717, 1.165) is 10.4 Å². The minimum atomic E-state index is -3.57. The molecule has 0 aliphatic heterocycles. The number of benzene rings is 1. The summed E-state index contributed by atoms with van der Waals surface area (Å²) in [5, 5.41) is 5.63. The van der Waals surface area contributed by atoms with Gasteiger partial charge in [0.2, 0.25) is 0 Å². The monoisotopic (exact) mass is 280 g/mol. The van der Waals surface area contributed by atoms with Gasteiger partial charge < -0.3 is 0 Å². The molecule has 0 aliphatic rings. The van der Waals surface area contributed by atoms with Crippen LogP contribution in [0.3, 0.4) is 0 Å². The maximum Gasteiger partial charge on any atom is 0.276 e. The van der Waals surface area contributed by atoms with E-state index in [1.807, 2.05) is 24.4 Å². The van der Waals surface area contributed by atoms with Gasteiger partial charge in [-0.05, 0) is 30.5 Å². The maximum atomic E-state index is 11.9. The van der Waals surface area contributed by atoms with Gasteiger partial charge in [-0.15, -0.1) is 11.3 Å². The molecule has 0 saturated heterocycles. The number of nitrogens with zero attached hydrogens (tertiary/aromatic N) is 1. The molecule has 0 unspecified atom stereocenters. The second kappa shape index (κ2) is 5.32. The third-order valence-electron chi connectivity index (χ3n) is 2.24. The van der Waals surface area contributed by atoms with E-state index in [1.165, 1.54) is 17.6 Å². The lowest BCUT2D eigenvalue weighted by Crippen LogP contribution is -2.18. The third kappa shape index (κ3) is 3.18. The molecule has 18 heavy (non-hydrogen) atoms. The lowest BCUT2D eigenvalue weighted by atomic mass is 10.2. The highest BCUT2D eigenvalue weighted by molar-refractivity contribution is 7.89. The molecule has 0 aliphatic carbocycles. The second-order valence-electron chi connectivity index (χ2n) is 3.68. The molecular formula is C12H12N2O2S2. The highest BCUT2D eigenvalue weighted by Gasteiger charge is 2.11. The molecule has 1 aromatic carbocycles. The van der Waals surface area contributed by atoms with Crippen LogP contribution in [0.1, 0.15) is 10.4 Å². The minimum absolute atomic E-state index is 0.205. The fourth-order valence-electron chi connectivity index (χ4n) is 1.29. The molecule has 6 heteroatoms. The summed E-state index contributed by atoms with van der Waals surface area (Å²) in [4.78, 5) is 3.28. The van der Waals surface area contributed by atoms with Gasteiger partial charge in [0.15, 0.2) is 0 Å². The van der Waals surface area contributed by atoms with Crippen LogP contribution >= 0.6 is 11.3 Å². The summed E-state index contributed by atoms with van der Waals surface area (Å²) >= 11 is 1.49. The Morgan fingerprint density at radius 3 is 2.56 bits per heavy atom. The van der Waals surface area contributed by atoms with Crippen molar-refractivity contribution in [1.29, 1.82) is 0 Å². The first-order chi connectivity index (χ1) is 8.58. The summed E-state index contributed by atoms with van der Waals surface area (Å²) in [5.41, 5.74) is 1.01. The standard InChI is InChI=1S/C12H12N2O2S2/c1-10-4-6-12(7-5-10)18(15,16)14-13-9-11-3-2-8-17-11/h2-9,14H,1H3. The van der Waals surface area contributed by atoms with E-state index in [4.69, 9.17) is 0 Å². The highest BCUT2D eigenvalue weighted by Crippen LogP contribution is 2.10. The lowest BCUT2D eigenvalue weighted by molar-refractivity contribution is 0.584. The molecule has 0 fully saturated rings. The fourth-order valence-corrected chi connectivity index (χ4v) is 2.67. The van der Waals surface area contributed by atoms with Gasteiger partial charge in [-0.1, -0.05) is 23.8 Å². The van der Waals surface area contributed by atoms with Crippen LogP contribution < -0.4 is 4.83 Å². The Labute approximate surface area is 110 Å². The van der Waals surface area contributed by atoms with E-state index in [2.05, 4.69) is 9.93 Å². The number of nitrogens with one attached hydrogen (secondary N) is 1. The largest absolute Gasteiger partial charge is 0.276 e. The Morgan fingerprint density at radius 2 is 1.94 bits per heavy atom. The summed E-state index contributed by atoms with van der Waals surface area (Å²) in [6.45, 7) is 1.90. The zero-order chi connectivity index (χ0) is 13.0. The van der Waals surface area contributed by atoms with Crippen LogP contribution in [-0.4, -0.2) is 14.6 Å². The van der Waals surface area contributed by atoms with Crippen LogP contribution in [0.5, 0.6) is 0 Å². The van der Waals surface area contributed by atoms with Crippen molar-refractivity contribution < 1.29 is 8.42 Å². The van der Waals surface area contributed by atoms with Crippen molar-refractivity contribution in [3.05, 3.63) is 52.2 Å². The fraction of sp³-hybridized carbons (Fsp3) is 0.0833. The Kier molecular flexibility index (Phi) is 3.78. The van der Waals surface area contributed by atoms with Gasteiger partial charge in [0.25, 0.3) is 10.0 Å². The zero-order valence-electron chi connectivity index (χ0n) is 9.70. The summed E-state index contributed by atoms with van der Waals surface area (Å²) in [6.07, 6.45) is 1.48. The zero-order valence-corrected chi connectivity index (χ0v) is 11.3. The SMILES string of the molecule is Cc1ccc(S(=O)(=O)NN=Cc2cccs2)cc1. The maximum absolute atomic E-state index is 11.9. The van der Waals surface area contributed by atoms with Crippen LogP contribution in [-0.2, 0) is 10.0 Å². The molecule has 0 saturated carbocycles. The number of hydrogen-bond acceptors (Lipinski definition) is 4. The van der Waals surface area contributed by atoms with Crippen LogP contribution in [0.2, 0.25) is 0 Å². The van der Waals surface area contributed by atoms with Crippen molar-refractivity contribution in [3.63, 3.8) is 0 Å². The molecule has 1 heterocycles. The molecule has 0 spiro atoms. The Hall–Kier alpha value is -1.66. The molecule has 4 nitrogen and oxygen atoms in total. The number of thiophene rings is 1. The number of hydrazone groups is 1. The lowest BCUT2D eigenvalue weighted by Gasteiger charge is -2.02. The van der Waals surface area contributed by atoms with Crippen LogP contribution in [0.15, 0.2) is 51.8 Å². The first-order valence-electron chi connectivity index (χ1n) is 5.23. The van der Waals surface area contributed by atoms with Crippen molar-refractivity contribution in [2.24, 2.45) is 5.10 Å². The summed E-state index contributed by atoms with van der Waals surface area (Å²) < 4.78 is 23.7. The molecule has 0 atom stereocenters. The molecule has 0 radical (unpaired) electrons. The molecule has 0 bridgehead atoms. The first kappa shape index (κ1) is 12.8. The van der Waals surface area contributed by atoms with E-state index in [1.54, 1.807) is 24.3 Å². The number of hydrogen-bond donors (Lipinski definition) is 1. The van der Waals surface area contributed by atoms with Crippen LogP contribution in [0.4, 0.5) is 0 Å². The predicted octanol–water partition coefficient (Wildman–Crippen LogP) is 2.37. The minimum Gasteiger partial charge on any atom is -0.200 e. The van der Waals surface area contributed by atoms with Crippen LogP contribution in [0, 0.1) is 6.92 Å². The molecule has 1 aromatic heterocycles. The van der Waals surface area contributed by atoms with E-state index in [-0.39, 0.29) is 4.90 Å². The topological polar surface area (TPSA) is 58.5 Å². The highest BCUT2D eigenvalue weighted by atomic mass is 32.2. The van der Waals surface area contributed by atoms with E-state index >= 15 is 0 Å². The average molecular weight is 280 g/mol. The van der Waals surface area contributed by atoms with E-state index in [9.17, 15) is 8.42 Å². The number of sulfonamides is 1. The molecular weight excluding hydrogens is 268 g/mol. The third-order valence-corrected chi connectivity index (χ3v) is 4.28. The van der Waals surface area contributed by atoms with Gasteiger partial charge in [0, 0.05) is 4.88 Å². The molecule has 0 amide bonds. The second-order valence-corrected chi connectivity index (χ2v) is 6.32. The predicted molar refractivity (Wildman–Crippen MR) is 73.4 cm³/mol. The van der Waals surface area contributed by atoms with Gasteiger partial charge in [0.05, 0.1) is 11.1 Å². The molecule has 94 valence electrons. The normalized spacial score (nSPS) is 11.8. The van der Waals surface area contributed by atoms with Crippen molar-refractivity contribution in [3.8, 4) is 0 Å². The van der Waals surface area contributed by atoms with Crippen molar-refractivity contribution >= 4 is 27.6 Å². The van der Waals surface area contributed by atoms with Crippen molar-refractivity contribution in [2.75, 3.05) is 0 Å². The molecule has 1 N–H and O–H groups in total. The first-order valence-corrected chi connectivity index (χ1v) is 7.59. The van der Waals surface area contributed by atoms with Gasteiger partial charge in [-0.25, -0.2) is 4.83 Å². The number of rotatable bonds is 4. The smallest absolute Gasteiger partial charge is 0.200 e. The Bertz CT molecular complexity index is 629. The van der Waals surface area contributed by atoms with Gasteiger partial charge >= 0.3 is 0 Å². The Morgan fingerprint density at radius 1 is 1.22 bits per heavy atom. The summed E-state index contributed by atoms with van der Waals surface area (Å²) in [6, 6.07) is 10.3. The van der Waals surface area contributed by atoms with Crippen LogP contribution in [0.25, 0.3) is 0 Å². The molecule has 2 rings (SSSR count). The Balaban J connectivity index is 2.10. The van der Waals surface area contributed by atoms with Crippen molar-refractivity contribution in [2.45, 2.75) is 11.8 Å². The quantitative estimate of drug-likeness (QED) is 0.690. The average Bonchev–Trinajstić information content (AvgIpc) is 2.82.